The molecule has 0 radical (unpaired) electrons. The minimum atomic E-state index is -0.562. The van der Waals surface area contributed by atoms with Gasteiger partial charge in [-0.25, -0.2) is 4.98 Å². The second-order valence-electron chi connectivity index (χ2n) is 5.66. The van der Waals surface area contributed by atoms with Crippen LogP contribution in [0.3, 0.4) is 0 Å². The second-order valence-corrected chi connectivity index (χ2v) is 6.06. The Morgan fingerprint density at radius 1 is 1.26 bits per heavy atom. The zero-order valence-corrected chi connectivity index (χ0v) is 14.8. The van der Waals surface area contributed by atoms with Crippen LogP contribution in [0.1, 0.15) is 11.1 Å². The molecular formula is C19H15ClN4O3. The molecule has 1 heterocycles. The van der Waals surface area contributed by atoms with E-state index >= 15 is 0 Å². The maximum atomic E-state index is 12.0. The van der Waals surface area contributed by atoms with Gasteiger partial charge < -0.3 is 9.88 Å². The zero-order valence-electron chi connectivity index (χ0n) is 14.1. The van der Waals surface area contributed by atoms with E-state index in [2.05, 4.69) is 10.3 Å². The third kappa shape index (κ3) is 4.80. The van der Waals surface area contributed by atoms with E-state index < -0.39 is 4.92 Å². The van der Waals surface area contributed by atoms with Crippen molar-refractivity contribution in [1.29, 1.82) is 0 Å². The lowest BCUT2D eigenvalue weighted by atomic mass is 10.2. The number of carbonyl (C=O) groups is 1. The summed E-state index contributed by atoms with van der Waals surface area (Å²) in [4.78, 5) is 26.3. The summed E-state index contributed by atoms with van der Waals surface area (Å²) in [7, 11) is 0. The Morgan fingerprint density at radius 3 is 2.70 bits per heavy atom. The SMILES string of the molecule is O=C(/C=C/c1ccc(Cl)c([N+](=O)[O-])c1)NCc1ccc(-n2ccnc2)cc1. The van der Waals surface area contributed by atoms with Crippen molar-refractivity contribution < 1.29 is 9.72 Å². The molecule has 1 N–H and O–H groups in total. The number of nitrogens with zero attached hydrogens (tertiary/aromatic N) is 3. The van der Waals surface area contributed by atoms with E-state index in [1.54, 1.807) is 18.6 Å². The minimum absolute atomic E-state index is 0.0562. The minimum Gasteiger partial charge on any atom is -0.348 e. The van der Waals surface area contributed by atoms with Crippen molar-refractivity contribution >= 4 is 29.3 Å². The van der Waals surface area contributed by atoms with Gasteiger partial charge >= 0.3 is 0 Å². The van der Waals surface area contributed by atoms with E-state index in [-0.39, 0.29) is 16.6 Å². The smallest absolute Gasteiger partial charge is 0.288 e. The van der Waals surface area contributed by atoms with E-state index in [0.29, 0.717) is 12.1 Å². The molecule has 0 unspecified atom stereocenters. The lowest BCUT2D eigenvalue weighted by Gasteiger charge is -2.05. The quantitative estimate of drug-likeness (QED) is 0.399. The standard InChI is InChI=1S/C19H15ClN4O3/c20-17-7-3-14(11-18(17)24(26)27)4-8-19(25)22-12-15-1-5-16(6-2-15)23-10-9-21-13-23/h1-11,13H,12H2,(H,22,25)/b8-4+. The topological polar surface area (TPSA) is 90.1 Å². The average Bonchev–Trinajstić information content (AvgIpc) is 3.20. The predicted octanol–water partition coefficient (Wildman–Crippen LogP) is 3.76. The van der Waals surface area contributed by atoms with Gasteiger partial charge in [0.05, 0.1) is 11.3 Å². The molecule has 0 saturated carbocycles. The highest BCUT2D eigenvalue weighted by Gasteiger charge is 2.11. The molecule has 8 heteroatoms. The van der Waals surface area contributed by atoms with Crippen molar-refractivity contribution in [3.63, 3.8) is 0 Å². The molecule has 0 atom stereocenters. The maximum Gasteiger partial charge on any atom is 0.288 e. The maximum absolute atomic E-state index is 12.0. The molecule has 136 valence electrons. The van der Waals surface area contributed by atoms with Crippen LogP contribution in [0.25, 0.3) is 11.8 Å². The molecule has 27 heavy (non-hydrogen) atoms. The molecule has 3 rings (SSSR count). The summed E-state index contributed by atoms with van der Waals surface area (Å²) in [6, 6.07) is 12.1. The van der Waals surface area contributed by atoms with Gasteiger partial charge in [-0.15, -0.1) is 0 Å². The van der Waals surface area contributed by atoms with Crippen LogP contribution >= 0.6 is 11.6 Å². The fourth-order valence-electron chi connectivity index (χ4n) is 2.39. The molecule has 0 fully saturated rings. The first-order valence-electron chi connectivity index (χ1n) is 8.00. The van der Waals surface area contributed by atoms with E-state index in [1.165, 1.54) is 24.3 Å². The third-order valence-electron chi connectivity index (χ3n) is 3.80. The second kappa shape index (κ2) is 8.29. The Bertz CT molecular complexity index is 983. The van der Waals surface area contributed by atoms with Gasteiger partial charge in [0.1, 0.15) is 5.02 Å². The van der Waals surface area contributed by atoms with Gasteiger partial charge in [0.15, 0.2) is 0 Å². The first kappa shape index (κ1) is 18.3. The molecule has 0 aliphatic heterocycles. The van der Waals surface area contributed by atoms with Gasteiger partial charge in [0.25, 0.3) is 5.69 Å². The number of amides is 1. The number of hydrogen-bond acceptors (Lipinski definition) is 4. The van der Waals surface area contributed by atoms with Crippen molar-refractivity contribution in [2.75, 3.05) is 0 Å². The number of nitrogens with one attached hydrogen (secondary N) is 1. The number of nitro benzene ring substituents is 1. The fourth-order valence-corrected chi connectivity index (χ4v) is 2.58. The summed E-state index contributed by atoms with van der Waals surface area (Å²) < 4.78 is 1.89. The van der Waals surface area contributed by atoms with Gasteiger partial charge in [-0.2, -0.15) is 0 Å². The Balaban J connectivity index is 1.57. The van der Waals surface area contributed by atoms with Gasteiger partial charge in [-0.05, 0) is 35.4 Å². The Hall–Kier alpha value is -3.45. The van der Waals surface area contributed by atoms with Crippen LogP contribution < -0.4 is 5.32 Å². The highest BCUT2D eigenvalue weighted by molar-refractivity contribution is 6.32. The lowest BCUT2D eigenvalue weighted by molar-refractivity contribution is -0.384. The zero-order chi connectivity index (χ0) is 19.2. The van der Waals surface area contributed by atoms with Gasteiger partial charge in [0.2, 0.25) is 5.91 Å². The molecule has 0 aliphatic rings. The van der Waals surface area contributed by atoms with Crippen molar-refractivity contribution in [3.8, 4) is 5.69 Å². The summed E-state index contributed by atoms with van der Waals surface area (Å²) in [5.41, 5.74) is 2.25. The normalized spacial score (nSPS) is 10.9. The lowest BCUT2D eigenvalue weighted by Crippen LogP contribution is -2.20. The van der Waals surface area contributed by atoms with E-state index in [1.807, 2.05) is 35.0 Å². The molecule has 2 aromatic carbocycles. The summed E-state index contributed by atoms with van der Waals surface area (Å²) in [5, 5.41) is 13.7. The number of imidazole rings is 1. The molecule has 1 aromatic heterocycles. The highest BCUT2D eigenvalue weighted by Crippen LogP contribution is 2.25. The van der Waals surface area contributed by atoms with Crippen molar-refractivity contribution in [2.45, 2.75) is 6.54 Å². The molecule has 0 aliphatic carbocycles. The number of benzene rings is 2. The summed E-state index contributed by atoms with van der Waals surface area (Å²) in [5.74, 6) is -0.300. The Morgan fingerprint density at radius 2 is 2.04 bits per heavy atom. The van der Waals surface area contributed by atoms with E-state index in [4.69, 9.17) is 11.6 Å². The number of halogens is 1. The fraction of sp³-hybridized carbons (Fsp3) is 0.0526. The van der Waals surface area contributed by atoms with Crippen LogP contribution in [-0.2, 0) is 11.3 Å². The van der Waals surface area contributed by atoms with Crippen LogP contribution in [-0.4, -0.2) is 20.4 Å². The number of hydrogen-bond donors (Lipinski definition) is 1. The molecule has 3 aromatic rings. The van der Waals surface area contributed by atoms with Gasteiger partial charge in [-0.3, -0.25) is 14.9 Å². The summed E-state index contributed by atoms with van der Waals surface area (Å²) >= 11 is 5.77. The van der Waals surface area contributed by atoms with Crippen LogP contribution in [0, 0.1) is 10.1 Å². The van der Waals surface area contributed by atoms with Crippen molar-refractivity contribution in [1.82, 2.24) is 14.9 Å². The van der Waals surface area contributed by atoms with Crippen LogP contribution in [0.15, 0.2) is 67.3 Å². The Kier molecular flexibility index (Phi) is 5.63. The van der Waals surface area contributed by atoms with E-state index in [0.717, 1.165) is 11.3 Å². The largest absolute Gasteiger partial charge is 0.348 e. The number of nitro groups is 1. The number of carbonyl (C=O) groups excluding carboxylic acids is 1. The predicted molar refractivity (Wildman–Crippen MR) is 103 cm³/mol. The first-order chi connectivity index (χ1) is 13.0. The average molecular weight is 383 g/mol. The van der Waals surface area contributed by atoms with Crippen LogP contribution in [0.2, 0.25) is 5.02 Å². The highest BCUT2D eigenvalue weighted by atomic mass is 35.5. The molecule has 1 amide bonds. The van der Waals surface area contributed by atoms with Gasteiger partial charge in [0, 0.05) is 36.8 Å². The molecule has 0 bridgehead atoms. The van der Waals surface area contributed by atoms with E-state index in [9.17, 15) is 14.9 Å². The molecule has 0 spiro atoms. The van der Waals surface area contributed by atoms with Crippen molar-refractivity contribution in [2.24, 2.45) is 0 Å². The van der Waals surface area contributed by atoms with Crippen LogP contribution in [0.4, 0.5) is 5.69 Å². The third-order valence-corrected chi connectivity index (χ3v) is 4.12. The molecule has 0 saturated heterocycles. The molecule has 7 nitrogen and oxygen atoms in total. The van der Waals surface area contributed by atoms with Gasteiger partial charge in [-0.1, -0.05) is 29.8 Å². The number of rotatable bonds is 6. The summed E-state index contributed by atoms with van der Waals surface area (Å²) in [6.07, 6.45) is 8.09. The first-order valence-corrected chi connectivity index (χ1v) is 8.38. The molecular weight excluding hydrogens is 368 g/mol. The van der Waals surface area contributed by atoms with Crippen molar-refractivity contribution in [3.05, 3.63) is 93.5 Å². The summed E-state index contributed by atoms with van der Waals surface area (Å²) in [6.45, 7) is 0.369. The van der Waals surface area contributed by atoms with Crippen LogP contribution in [0.5, 0.6) is 0 Å². The number of aromatic nitrogens is 2. The Labute approximate surface area is 160 Å². The monoisotopic (exact) mass is 382 g/mol.